The molecule has 2 rings (SSSR count). The van der Waals surface area contributed by atoms with Gasteiger partial charge in [-0.05, 0) is 31.7 Å². The van der Waals surface area contributed by atoms with Crippen LogP contribution in [-0.4, -0.2) is 11.9 Å². The average Bonchev–Trinajstić information content (AvgIpc) is 2.49. The Kier molecular flexibility index (Phi) is 4.95. The van der Waals surface area contributed by atoms with Gasteiger partial charge in [0, 0.05) is 23.2 Å². The Hall–Kier alpha value is -1.89. The van der Waals surface area contributed by atoms with E-state index < -0.39 is 5.82 Å². The average molecular weight is 303 g/mol. The zero-order chi connectivity index (χ0) is 15.4. The van der Waals surface area contributed by atoms with Gasteiger partial charge in [0.15, 0.2) is 0 Å². The molecule has 0 aliphatic carbocycles. The van der Waals surface area contributed by atoms with Crippen LogP contribution in [0.2, 0.25) is 5.02 Å². The van der Waals surface area contributed by atoms with Crippen LogP contribution in [0.3, 0.4) is 0 Å². The normalized spacial score (nSPS) is 12.2. The summed E-state index contributed by atoms with van der Waals surface area (Å²) in [6.45, 7) is 2.43. The van der Waals surface area contributed by atoms with Crippen LogP contribution in [0.5, 0.6) is 0 Å². The minimum absolute atomic E-state index is 0.0452. The van der Waals surface area contributed by atoms with Gasteiger partial charge in [0.2, 0.25) is 0 Å². The van der Waals surface area contributed by atoms with Crippen molar-refractivity contribution in [3.63, 3.8) is 0 Å². The van der Waals surface area contributed by atoms with Crippen molar-refractivity contribution in [2.45, 2.75) is 19.5 Å². The van der Waals surface area contributed by atoms with Gasteiger partial charge in [0.25, 0.3) is 0 Å². The van der Waals surface area contributed by atoms with Crippen molar-refractivity contribution in [2.24, 2.45) is 0 Å². The Balaban J connectivity index is 2.21. The monoisotopic (exact) mass is 302 g/mol. The lowest BCUT2D eigenvalue weighted by atomic mass is 10.1. The van der Waals surface area contributed by atoms with E-state index >= 15 is 0 Å². The molecule has 0 bridgehead atoms. The van der Waals surface area contributed by atoms with Crippen molar-refractivity contribution in [1.29, 1.82) is 5.26 Å². The Morgan fingerprint density at radius 3 is 2.62 bits per heavy atom. The number of hydrogen-bond donors (Lipinski definition) is 0. The third kappa shape index (κ3) is 3.41. The van der Waals surface area contributed by atoms with Gasteiger partial charge in [-0.15, -0.1) is 0 Å². The molecule has 1 unspecified atom stereocenters. The second-order valence-corrected chi connectivity index (χ2v) is 5.41. The maximum Gasteiger partial charge on any atom is 0.145 e. The first-order valence-electron chi connectivity index (χ1n) is 6.66. The Morgan fingerprint density at radius 2 is 1.95 bits per heavy atom. The molecular weight excluding hydrogens is 287 g/mol. The van der Waals surface area contributed by atoms with Gasteiger partial charge in [0.05, 0.1) is 5.56 Å². The molecule has 0 saturated heterocycles. The van der Waals surface area contributed by atoms with E-state index in [9.17, 15) is 4.39 Å². The first kappa shape index (κ1) is 15.5. The molecule has 0 amide bonds. The number of nitrogens with zero attached hydrogens (tertiary/aromatic N) is 2. The number of hydrogen-bond acceptors (Lipinski definition) is 2. The van der Waals surface area contributed by atoms with E-state index in [2.05, 4.69) is 0 Å². The molecule has 0 N–H and O–H groups in total. The van der Waals surface area contributed by atoms with Gasteiger partial charge in [-0.25, -0.2) is 4.39 Å². The van der Waals surface area contributed by atoms with Crippen LogP contribution in [0, 0.1) is 17.1 Å². The predicted molar refractivity (Wildman–Crippen MR) is 82.4 cm³/mol. The molecule has 0 aliphatic heterocycles. The molecule has 1 atom stereocenters. The molecular formula is C17H16ClFN2. The molecule has 0 spiro atoms. The molecule has 0 heterocycles. The number of benzene rings is 2. The zero-order valence-electron chi connectivity index (χ0n) is 12.0. The van der Waals surface area contributed by atoms with Gasteiger partial charge in [-0.3, -0.25) is 4.90 Å². The van der Waals surface area contributed by atoms with Crippen LogP contribution in [0.1, 0.15) is 29.7 Å². The van der Waals surface area contributed by atoms with E-state index in [4.69, 9.17) is 16.9 Å². The highest BCUT2D eigenvalue weighted by Gasteiger charge is 2.17. The van der Waals surface area contributed by atoms with Gasteiger partial charge in [-0.2, -0.15) is 5.26 Å². The van der Waals surface area contributed by atoms with E-state index in [-0.39, 0.29) is 11.6 Å². The van der Waals surface area contributed by atoms with Gasteiger partial charge in [0.1, 0.15) is 11.9 Å². The highest BCUT2D eigenvalue weighted by Crippen LogP contribution is 2.27. The van der Waals surface area contributed by atoms with Crippen molar-refractivity contribution < 1.29 is 4.39 Å². The predicted octanol–water partition coefficient (Wildman–Crippen LogP) is 4.54. The van der Waals surface area contributed by atoms with E-state index in [1.165, 1.54) is 6.07 Å². The SMILES string of the molecule is CC(c1ccccc1Cl)N(C)Cc1cccc(C#N)c1F. The number of halogens is 2. The Bertz CT molecular complexity index is 679. The number of rotatable bonds is 4. The Labute approximate surface area is 129 Å². The molecule has 21 heavy (non-hydrogen) atoms. The van der Waals surface area contributed by atoms with E-state index in [0.29, 0.717) is 17.1 Å². The van der Waals surface area contributed by atoms with Crippen molar-refractivity contribution in [1.82, 2.24) is 4.90 Å². The molecule has 2 aromatic rings. The summed E-state index contributed by atoms with van der Waals surface area (Å²) < 4.78 is 14.1. The summed E-state index contributed by atoms with van der Waals surface area (Å²) in [7, 11) is 1.91. The molecule has 0 fully saturated rings. The topological polar surface area (TPSA) is 27.0 Å². The lowest BCUT2D eigenvalue weighted by molar-refractivity contribution is 0.249. The molecule has 108 valence electrons. The first-order valence-corrected chi connectivity index (χ1v) is 7.04. The summed E-state index contributed by atoms with van der Waals surface area (Å²) in [6, 6.07) is 14.4. The molecule has 0 saturated carbocycles. The lowest BCUT2D eigenvalue weighted by Gasteiger charge is -2.26. The van der Waals surface area contributed by atoms with Gasteiger partial charge in [-0.1, -0.05) is 41.9 Å². The second kappa shape index (κ2) is 6.71. The molecule has 0 aliphatic rings. The fraction of sp³-hybridized carbons (Fsp3) is 0.235. The van der Waals surface area contributed by atoms with E-state index in [0.717, 1.165) is 5.56 Å². The Morgan fingerprint density at radius 1 is 1.24 bits per heavy atom. The smallest absolute Gasteiger partial charge is 0.145 e. The summed E-state index contributed by atoms with van der Waals surface area (Å²) >= 11 is 6.20. The van der Waals surface area contributed by atoms with Gasteiger partial charge >= 0.3 is 0 Å². The van der Waals surface area contributed by atoms with Crippen molar-refractivity contribution >= 4 is 11.6 Å². The first-order chi connectivity index (χ1) is 10.0. The van der Waals surface area contributed by atoms with Crippen LogP contribution < -0.4 is 0 Å². The van der Waals surface area contributed by atoms with Crippen LogP contribution in [0.25, 0.3) is 0 Å². The third-order valence-electron chi connectivity index (χ3n) is 3.64. The molecule has 2 nitrogen and oxygen atoms in total. The summed E-state index contributed by atoms with van der Waals surface area (Å²) in [5.74, 6) is -0.446. The van der Waals surface area contributed by atoms with Crippen LogP contribution in [0.4, 0.5) is 4.39 Å². The highest BCUT2D eigenvalue weighted by molar-refractivity contribution is 6.31. The molecule has 4 heteroatoms. The minimum atomic E-state index is -0.446. The zero-order valence-corrected chi connectivity index (χ0v) is 12.7. The van der Waals surface area contributed by atoms with Crippen LogP contribution >= 0.6 is 11.6 Å². The minimum Gasteiger partial charge on any atom is -0.295 e. The third-order valence-corrected chi connectivity index (χ3v) is 3.98. The van der Waals surface area contributed by atoms with Crippen LogP contribution in [-0.2, 0) is 6.54 Å². The quantitative estimate of drug-likeness (QED) is 0.829. The second-order valence-electron chi connectivity index (χ2n) is 5.00. The maximum atomic E-state index is 14.1. The van der Waals surface area contributed by atoms with Gasteiger partial charge < -0.3 is 0 Å². The van der Waals surface area contributed by atoms with E-state index in [1.54, 1.807) is 12.1 Å². The summed E-state index contributed by atoms with van der Waals surface area (Å²) in [4.78, 5) is 2.00. The largest absolute Gasteiger partial charge is 0.295 e. The summed E-state index contributed by atoms with van der Waals surface area (Å²) in [6.07, 6.45) is 0. The summed E-state index contributed by atoms with van der Waals surface area (Å²) in [5.41, 5.74) is 1.58. The van der Waals surface area contributed by atoms with Crippen molar-refractivity contribution in [3.8, 4) is 6.07 Å². The molecule has 2 aromatic carbocycles. The standard InChI is InChI=1S/C17H16ClFN2/c1-12(15-8-3-4-9-16(15)18)21(2)11-14-7-5-6-13(10-20)17(14)19/h3-9,12H,11H2,1-2H3. The van der Waals surface area contributed by atoms with E-state index in [1.807, 2.05) is 49.2 Å². The van der Waals surface area contributed by atoms with Crippen LogP contribution in [0.15, 0.2) is 42.5 Å². The van der Waals surface area contributed by atoms with Crippen molar-refractivity contribution in [2.75, 3.05) is 7.05 Å². The number of nitriles is 1. The fourth-order valence-electron chi connectivity index (χ4n) is 2.25. The van der Waals surface area contributed by atoms with Crippen molar-refractivity contribution in [3.05, 3.63) is 70.0 Å². The highest BCUT2D eigenvalue weighted by atomic mass is 35.5. The lowest BCUT2D eigenvalue weighted by Crippen LogP contribution is -2.23. The maximum absolute atomic E-state index is 14.1. The molecule has 0 radical (unpaired) electrons. The fourth-order valence-corrected chi connectivity index (χ4v) is 2.54. The summed E-state index contributed by atoms with van der Waals surface area (Å²) in [5, 5.41) is 9.58. The molecule has 0 aromatic heterocycles.